The standard InChI is InChI=1S/C24H24N2O5S/c1-5-31-17-11-9-16(10-12-17)26(23(27)15(2)3)32(29,30)21-14-13-20-22-18(21)7-6-8-19(22)24(28)25(20)4/h6-15H,5H2,1-4H3. The van der Waals surface area contributed by atoms with Gasteiger partial charge in [-0.3, -0.25) is 9.59 Å². The highest BCUT2D eigenvalue weighted by molar-refractivity contribution is 7.93. The van der Waals surface area contributed by atoms with Crippen molar-refractivity contribution in [1.82, 2.24) is 0 Å². The van der Waals surface area contributed by atoms with E-state index in [-0.39, 0.29) is 16.5 Å². The average Bonchev–Trinajstić information content (AvgIpc) is 3.02. The van der Waals surface area contributed by atoms with Crippen LogP contribution in [0.15, 0.2) is 59.5 Å². The van der Waals surface area contributed by atoms with Crippen LogP contribution in [-0.2, 0) is 14.8 Å². The average molecular weight is 453 g/mol. The molecule has 3 aromatic carbocycles. The molecule has 8 heteroatoms. The van der Waals surface area contributed by atoms with E-state index in [1.807, 2.05) is 6.92 Å². The van der Waals surface area contributed by atoms with E-state index in [0.717, 1.165) is 4.31 Å². The minimum atomic E-state index is -4.28. The Morgan fingerprint density at radius 3 is 2.38 bits per heavy atom. The number of nitrogens with zero attached hydrogens (tertiary/aromatic N) is 2. The molecule has 0 atom stereocenters. The van der Waals surface area contributed by atoms with Gasteiger partial charge in [0.15, 0.2) is 0 Å². The van der Waals surface area contributed by atoms with Crippen molar-refractivity contribution < 1.29 is 22.7 Å². The van der Waals surface area contributed by atoms with E-state index >= 15 is 0 Å². The molecule has 0 saturated carbocycles. The first-order valence-corrected chi connectivity index (χ1v) is 11.8. The van der Waals surface area contributed by atoms with Crippen molar-refractivity contribution in [2.24, 2.45) is 5.92 Å². The van der Waals surface area contributed by atoms with E-state index < -0.39 is 21.8 Å². The number of carbonyl (C=O) groups is 2. The summed E-state index contributed by atoms with van der Waals surface area (Å²) in [5, 5.41) is 0.981. The molecular weight excluding hydrogens is 428 g/mol. The second-order valence-corrected chi connectivity index (χ2v) is 9.62. The topological polar surface area (TPSA) is 84.0 Å². The van der Waals surface area contributed by atoms with E-state index in [4.69, 9.17) is 4.74 Å². The molecule has 4 rings (SSSR count). The molecule has 0 radical (unpaired) electrons. The molecule has 0 unspecified atom stereocenters. The zero-order valence-electron chi connectivity index (χ0n) is 18.3. The highest BCUT2D eigenvalue weighted by Crippen LogP contribution is 2.40. The molecule has 0 fully saturated rings. The minimum absolute atomic E-state index is 0.0240. The van der Waals surface area contributed by atoms with Crippen LogP contribution in [0.25, 0.3) is 10.8 Å². The molecular formula is C24H24N2O5S. The lowest BCUT2D eigenvalue weighted by Gasteiger charge is -2.25. The predicted molar refractivity (Wildman–Crippen MR) is 124 cm³/mol. The van der Waals surface area contributed by atoms with Crippen molar-refractivity contribution in [3.8, 4) is 5.75 Å². The number of hydrogen-bond donors (Lipinski definition) is 0. The number of ether oxygens (including phenoxy) is 1. The van der Waals surface area contributed by atoms with E-state index in [0.29, 0.717) is 34.4 Å². The maximum atomic E-state index is 13.9. The quantitative estimate of drug-likeness (QED) is 0.560. The van der Waals surface area contributed by atoms with Crippen LogP contribution >= 0.6 is 0 Å². The number of anilines is 2. The third kappa shape index (κ3) is 3.31. The van der Waals surface area contributed by atoms with Crippen LogP contribution in [0.4, 0.5) is 11.4 Å². The zero-order valence-corrected chi connectivity index (χ0v) is 19.1. The Hall–Kier alpha value is -3.39. The second kappa shape index (κ2) is 7.94. The van der Waals surface area contributed by atoms with Gasteiger partial charge in [-0.05, 0) is 49.4 Å². The lowest BCUT2D eigenvalue weighted by atomic mass is 10.1. The molecule has 3 aromatic rings. The Morgan fingerprint density at radius 1 is 1.06 bits per heavy atom. The van der Waals surface area contributed by atoms with Crippen LogP contribution in [-0.4, -0.2) is 33.9 Å². The Labute approximate surface area is 187 Å². The van der Waals surface area contributed by atoms with Gasteiger partial charge in [-0.25, -0.2) is 12.7 Å². The highest BCUT2D eigenvalue weighted by atomic mass is 32.2. The molecule has 7 nitrogen and oxygen atoms in total. The summed E-state index contributed by atoms with van der Waals surface area (Å²) < 4.78 is 34.1. The van der Waals surface area contributed by atoms with Gasteiger partial charge < -0.3 is 9.64 Å². The summed E-state index contributed by atoms with van der Waals surface area (Å²) in [5.74, 6) is -0.717. The molecule has 0 spiro atoms. The summed E-state index contributed by atoms with van der Waals surface area (Å²) in [6, 6.07) is 14.5. The van der Waals surface area contributed by atoms with E-state index in [1.54, 1.807) is 69.4 Å². The Balaban J connectivity index is 1.92. The molecule has 0 saturated heterocycles. The fourth-order valence-corrected chi connectivity index (χ4v) is 5.63. The summed E-state index contributed by atoms with van der Waals surface area (Å²) in [4.78, 5) is 27.2. The van der Waals surface area contributed by atoms with E-state index in [2.05, 4.69) is 0 Å². The molecule has 32 heavy (non-hydrogen) atoms. The van der Waals surface area contributed by atoms with Gasteiger partial charge in [-0.2, -0.15) is 0 Å². The smallest absolute Gasteiger partial charge is 0.271 e. The van der Waals surface area contributed by atoms with Crippen LogP contribution in [0.1, 0.15) is 31.1 Å². The van der Waals surface area contributed by atoms with Gasteiger partial charge in [-0.15, -0.1) is 0 Å². The third-order valence-corrected chi connectivity index (χ3v) is 7.25. The van der Waals surface area contributed by atoms with Crippen LogP contribution in [0.2, 0.25) is 0 Å². The number of amides is 2. The van der Waals surface area contributed by atoms with Gasteiger partial charge in [0.25, 0.3) is 15.9 Å². The molecule has 2 amide bonds. The fourth-order valence-electron chi connectivity index (χ4n) is 3.90. The SMILES string of the molecule is CCOc1ccc(N(C(=O)C(C)C)S(=O)(=O)c2ccc3c4c(cccc24)C(=O)N3C)cc1. The molecule has 1 aliphatic rings. The van der Waals surface area contributed by atoms with E-state index in [9.17, 15) is 18.0 Å². The maximum Gasteiger partial charge on any atom is 0.271 e. The van der Waals surface area contributed by atoms with Gasteiger partial charge in [0, 0.05) is 29.3 Å². The minimum Gasteiger partial charge on any atom is -0.494 e. The van der Waals surface area contributed by atoms with Crippen molar-refractivity contribution in [1.29, 1.82) is 0 Å². The first-order valence-electron chi connectivity index (χ1n) is 10.3. The second-order valence-electron chi connectivity index (χ2n) is 7.86. The molecule has 0 aromatic heterocycles. The number of hydrogen-bond acceptors (Lipinski definition) is 5. The Kier molecular flexibility index (Phi) is 5.42. The number of benzene rings is 3. The highest BCUT2D eigenvalue weighted by Gasteiger charge is 2.36. The van der Waals surface area contributed by atoms with Crippen LogP contribution < -0.4 is 13.9 Å². The Morgan fingerprint density at radius 2 is 1.75 bits per heavy atom. The maximum absolute atomic E-state index is 13.9. The summed E-state index contributed by atoms with van der Waals surface area (Å²) in [5.41, 5.74) is 1.31. The molecule has 1 heterocycles. The Bertz CT molecular complexity index is 1330. The lowest BCUT2D eigenvalue weighted by molar-refractivity contribution is -0.120. The molecule has 166 valence electrons. The molecule has 0 aliphatic carbocycles. The van der Waals surface area contributed by atoms with Gasteiger partial charge in [0.2, 0.25) is 5.91 Å². The van der Waals surface area contributed by atoms with Gasteiger partial charge >= 0.3 is 0 Å². The van der Waals surface area contributed by atoms with Crippen molar-refractivity contribution in [2.75, 3.05) is 22.9 Å². The number of sulfonamides is 1. The van der Waals surface area contributed by atoms with Crippen molar-refractivity contribution >= 4 is 44.0 Å². The zero-order chi connectivity index (χ0) is 23.2. The van der Waals surface area contributed by atoms with Gasteiger partial charge in [0.1, 0.15) is 5.75 Å². The summed E-state index contributed by atoms with van der Waals surface area (Å²) in [7, 11) is -2.63. The van der Waals surface area contributed by atoms with E-state index in [1.165, 1.54) is 11.0 Å². The third-order valence-electron chi connectivity index (χ3n) is 5.47. The van der Waals surface area contributed by atoms with Gasteiger partial charge in [0.05, 0.1) is 22.9 Å². The number of rotatable bonds is 6. The summed E-state index contributed by atoms with van der Waals surface area (Å²) in [6.07, 6.45) is 0. The van der Waals surface area contributed by atoms with Crippen LogP contribution in [0.3, 0.4) is 0 Å². The predicted octanol–water partition coefficient (Wildman–Crippen LogP) is 4.21. The van der Waals surface area contributed by atoms with Crippen molar-refractivity contribution in [3.63, 3.8) is 0 Å². The summed E-state index contributed by atoms with van der Waals surface area (Å²) >= 11 is 0. The summed E-state index contributed by atoms with van der Waals surface area (Å²) in [6.45, 7) is 5.63. The fraction of sp³-hybridized carbons (Fsp3) is 0.250. The molecule has 0 bridgehead atoms. The normalized spacial score (nSPS) is 13.2. The molecule has 1 aliphatic heterocycles. The van der Waals surface area contributed by atoms with Crippen molar-refractivity contribution in [3.05, 3.63) is 60.2 Å². The first-order chi connectivity index (χ1) is 15.2. The lowest BCUT2D eigenvalue weighted by Crippen LogP contribution is -2.39. The molecule has 0 N–H and O–H groups in total. The van der Waals surface area contributed by atoms with Crippen molar-refractivity contribution in [2.45, 2.75) is 25.7 Å². The number of carbonyl (C=O) groups excluding carboxylic acids is 2. The monoisotopic (exact) mass is 452 g/mol. The van der Waals surface area contributed by atoms with Crippen LogP contribution in [0.5, 0.6) is 5.75 Å². The first kappa shape index (κ1) is 21.8. The van der Waals surface area contributed by atoms with Gasteiger partial charge in [-0.1, -0.05) is 26.0 Å². The van der Waals surface area contributed by atoms with Crippen LogP contribution in [0, 0.1) is 5.92 Å². The largest absolute Gasteiger partial charge is 0.494 e.